The number of halogens is 1. The Morgan fingerprint density at radius 3 is 2.13 bits per heavy atom. The van der Waals surface area contributed by atoms with Gasteiger partial charge in [0.05, 0.1) is 11.9 Å². The minimum absolute atomic E-state index is 0.0382. The van der Waals surface area contributed by atoms with Crippen LogP contribution in [0.2, 0.25) is 0 Å². The Morgan fingerprint density at radius 1 is 1.06 bits per heavy atom. The fourth-order valence-corrected chi connectivity index (χ4v) is 4.05. The van der Waals surface area contributed by atoms with Crippen LogP contribution in [-0.4, -0.2) is 51.0 Å². The van der Waals surface area contributed by atoms with Gasteiger partial charge in [-0.3, -0.25) is 13.9 Å². The van der Waals surface area contributed by atoms with Gasteiger partial charge in [0, 0.05) is 13.6 Å². The van der Waals surface area contributed by atoms with Gasteiger partial charge in [0.15, 0.2) is 0 Å². The lowest BCUT2D eigenvalue weighted by molar-refractivity contribution is -0.140. The van der Waals surface area contributed by atoms with Gasteiger partial charge in [-0.25, -0.2) is 12.8 Å². The summed E-state index contributed by atoms with van der Waals surface area (Å²) in [7, 11) is -2.29. The van der Waals surface area contributed by atoms with Crippen molar-refractivity contribution in [1.29, 1.82) is 0 Å². The number of sulfonamides is 1. The van der Waals surface area contributed by atoms with Gasteiger partial charge in [-0.1, -0.05) is 36.8 Å². The zero-order valence-electron chi connectivity index (χ0n) is 18.1. The van der Waals surface area contributed by atoms with E-state index in [1.54, 1.807) is 31.2 Å². The number of benzene rings is 2. The van der Waals surface area contributed by atoms with Crippen molar-refractivity contribution in [2.24, 2.45) is 0 Å². The van der Waals surface area contributed by atoms with E-state index in [9.17, 15) is 22.4 Å². The van der Waals surface area contributed by atoms with Crippen molar-refractivity contribution in [1.82, 2.24) is 10.2 Å². The van der Waals surface area contributed by atoms with Crippen molar-refractivity contribution in [3.05, 3.63) is 65.5 Å². The first-order valence-electron chi connectivity index (χ1n) is 9.86. The molecule has 0 bridgehead atoms. The van der Waals surface area contributed by atoms with Crippen LogP contribution in [0.5, 0.6) is 0 Å². The summed E-state index contributed by atoms with van der Waals surface area (Å²) in [6, 6.07) is 11.6. The third kappa shape index (κ3) is 6.52. The molecular weight excluding hydrogens is 421 g/mol. The van der Waals surface area contributed by atoms with E-state index in [2.05, 4.69) is 5.32 Å². The summed E-state index contributed by atoms with van der Waals surface area (Å²) in [6.07, 6.45) is 1.36. The fraction of sp³-hybridized carbons (Fsp3) is 0.364. The highest BCUT2D eigenvalue weighted by Gasteiger charge is 2.31. The lowest BCUT2D eigenvalue weighted by atomic mass is 10.1. The molecule has 1 unspecified atom stereocenters. The van der Waals surface area contributed by atoms with Crippen molar-refractivity contribution in [3.63, 3.8) is 0 Å². The highest BCUT2D eigenvalue weighted by Crippen LogP contribution is 2.20. The molecule has 0 heterocycles. The minimum atomic E-state index is -3.76. The molecule has 0 radical (unpaired) electrons. The Kier molecular flexibility index (Phi) is 8.15. The van der Waals surface area contributed by atoms with Crippen LogP contribution in [0.15, 0.2) is 48.5 Å². The van der Waals surface area contributed by atoms with Crippen LogP contribution in [-0.2, 0) is 26.2 Å². The van der Waals surface area contributed by atoms with Crippen LogP contribution in [0.1, 0.15) is 24.5 Å². The largest absolute Gasteiger partial charge is 0.357 e. The van der Waals surface area contributed by atoms with Gasteiger partial charge in [-0.05, 0) is 43.2 Å². The maximum atomic E-state index is 13.3. The maximum absolute atomic E-state index is 13.3. The molecule has 2 aromatic rings. The molecule has 0 aliphatic heterocycles. The molecule has 31 heavy (non-hydrogen) atoms. The van der Waals surface area contributed by atoms with Gasteiger partial charge >= 0.3 is 0 Å². The molecule has 2 aromatic carbocycles. The van der Waals surface area contributed by atoms with E-state index in [0.29, 0.717) is 17.7 Å². The Hall–Kier alpha value is -2.94. The first-order valence-corrected chi connectivity index (χ1v) is 11.7. The maximum Gasteiger partial charge on any atom is 0.244 e. The number of likely N-dealkylation sites (N-methyl/N-ethyl adjacent to an activating group) is 1. The average molecular weight is 450 g/mol. The van der Waals surface area contributed by atoms with E-state index in [1.165, 1.54) is 36.2 Å². The van der Waals surface area contributed by atoms with E-state index in [-0.39, 0.29) is 12.5 Å². The van der Waals surface area contributed by atoms with E-state index in [4.69, 9.17) is 0 Å². The zero-order valence-corrected chi connectivity index (χ0v) is 18.9. The number of anilines is 1. The Balaban J connectivity index is 2.40. The molecule has 0 aliphatic rings. The minimum Gasteiger partial charge on any atom is -0.357 e. The molecule has 2 amide bonds. The SMILES string of the molecule is CCC(C(=O)NC)N(Cc1ccc(F)cc1)C(=O)CN(c1ccc(C)cc1)S(C)(=O)=O. The predicted octanol–water partition coefficient (Wildman–Crippen LogP) is 2.45. The number of hydrogen-bond acceptors (Lipinski definition) is 4. The number of nitrogens with one attached hydrogen (secondary N) is 1. The highest BCUT2D eigenvalue weighted by molar-refractivity contribution is 7.92. The van der Waals surface area contributed by atoms with Crippen LogP contribution >= 0.6 is 0 Å². The number of hydrogen-bond donors (Lipinski definition) is 1. The van der Waals surface area contributed by atoms with Crippen LogP contribution in [0.3, 0.4) is 0 Å². The summed E-state index contributed by atoms with van der Waals surface area (Å²) in [5.74, 6) is -1.31. The van der Waals surface area contributed by atoms with Crippen molar-refractivity contribution in [2.75, 3.05) is 24.2 Å². The third-order valence-electron chi connectivity index (χ3n) is 4.90. The number of rotatable bonds is 9. The first-order chi connectivity index (χ1) is 14.6. The van der Waals surface area contributed by atoms with E-state index < -0.39 is 34.3 Å². The van der Waals surface area contributed by atoms with Gasteiger partial charge in [0.1, 0.15) is 18.4 Å². The van der Waals surface area contributed by atoms with Gasteiger partial charge in [-0.15, -0.1) is 0 Å². The molecule has 0 aliphatic carbocycles. The normalized spacial score (nSPS) is 12.2. The first kappa shape index (κ1) is 24.3. The Labute approximate surface area is 182 Å². The molecule has 7 nitrogen and oxygen atoms in total. The average Bonchev–Trinajstić information content (AvgIpc) is 2.72. The molecule has 0 fully saturated rings. The van der Waals surface area contributed by atoms with Crippen molar-refractivity contribution in [2.45, 2.75) is 32.9 Å². The molecule has 0 spiro atoms. The molecule has 2 rings (SSSR count). The van der Waals surface area contributed by atoms with Gasteiger partial charge < -0.3 is 10.2 Å². The molecule has 9 heteroatoms. The highest BCUT2D eigenvalue weighted by atomic mass is 32.2. The second-order valence-corrected chi connectivity index (χ2v) is 9.20. The van der Waals surface area contributed by atoms with Crippen LogP contribution in [0, 0.1) is 12.7 Å². The van der Waals surface area contributed by atoms with Gasteiger partial charge in [0.25, 0.3) is 0 Å². The van der Waals surface area contributed by atoms with E-state index in [1.807, 2.05) is 6.92 Å². The fourth-order valence-electron chi connectivity index (χ4n) is 3.20. The standard InChI is InChI=1S/C22H28FN3O4S/c1-5-20(22(28)24-3)25(14-17-8-10-18(23)11-9-17)21(27)15-26(31(4,29)30)19-12-6-16(2)7-13-19/h6-13,20H,5,14-15H2,1-4H3,(H,24,28). The summed E-state index contributed by atoms with van der Waals surface area (Å²) in [6.45, 7) is 3.21. The van der Waals surface area contributed by atoms with Crippen molar-refractivity contribution in [3.8, 4) is 0 Å². The molecule has 0 saturated carbocycles. The number of carbonyl (C=O) groups excluding carboxylic acids is 2. The summed E-state index contributed by atoms with van der Waals surface area (Å²) in [5, 5.41) is 2.54. The summed E-state index contributed by atoms with van der Waals surface area (Å²) < 4.78 is 39.2. The lowest BCUT2D eigenvalue weighted by Gasteiger charge is -2.32. The van der Waals surface area contributed by atoms with Crippen LogP contribution < -0.4 is 9.62 Å². The topological polar surface area (TPSA) is 86.8 Å². The van der Waals surface area contributed by atoms with Crippen LogP contribution in [0.25, 0.3) is 0 Å². The van der Waals surface area contributed by atoms with Gasteiger partial charge in [0.2, 0.25) is 21.8 Å². The molecule has 0 saturated heterocycles. The molecule has 0 aromatic heterocycles. The zero-order chi connectivity index (χ0) is 23.2. The Bertz CT molecular complexity index is 1010. The predicted molar refractivity (Wildman–Crippen MR) is 118 cm³/mol. The second-order valence-electron chi connectivity index (χ2n) is 7.29. The molecule has 168 valence electrons. The second kappa shape index (κ2) is 10.4. The summed E-state index contributed by atoms with van der Waals surface area (Å²) in [5.41, 5.74) is 1.93. The number of carbonyl (C=O) groups is 2. The summed E-state index contributed by atoms with van der Waals surface area (Å²) >= 11 is 0. The Morgan fingerprint density at radius 2 is 1.65 bits per heavy atom. The number of nitrogens with zero attached hydrogens (tertiary/aromatic N) is 2. The van der Waals surface area contributed by atoms with Crippen LogP contribution in [0.4, 0.5) is 10.1 Å². The van der Waals surface area contributed by atoms with Gasteiger partial charge in [-0.2, -0.15) is 0 Å². The third-order valence-corrected chi connectivity index (χ3v) is 6.04. The van der Waals surface area contributed by atoms with Crippen molar-refractivity contribution < 1.29 is 22.4 Å². The summed E-state index contributed by atoms with van der Waals surface area (Å²) in [4.78, 5) is 27.1. The van der Waals surface area contributed by atoms with E-state index >= 15 is 0 Å². The molecule has 1 atom stereocenters. The quantitative estimate of drug-likeness (QED) is 0.637. The monoisotopic (exact) mass is 449 g/mol. The lowest BCUT2D eigenvalue weighted by Crippen LogP contribution is -2.51. The number of aryl methyl sites for hydroxylation is 1. The molecule has 1 N–H and O–H groups in total. The van der Waals surface area contributed by atoms with Crippen molar-refractivity contribution >= 4 is 27.5 Å². The molecular formula is C22H28FN3O4S. The number of amides is 2. The van der Waals surface area contributed by atoms with E-state index in [0.717, 1.165) is 16.1 Å². The smallest absolute Gasteiger partial charge is 0.244 e.